The van der Waals surface area contributed by atoms with Gasteiger partial charge in [0.1, 0.15) is 6.10 Å². The molecule has 0 spiro atoms. The lowest BCUT2D eigenvalue weighted by atomic mass is 9.89. The highest BCUT2D eigenvalue weighted by Crippen LogP contribution is 2.23. The highest BCUT2D eigenvalue weighted by Gasteiger charge is 2.33. The quantitative estimate of drug-likeness (QED) is 0.423. The van der Waals surface area contributed by atoms with Gasteiger partial charge >= 0.3 is 0 Å². The van der Waals surface area contributed by atoms with Gasteiger partial charge in [0.05, 0.1) is 12.7 Å². The fraction of sp³-hybridized carbons (Fsp3) is 1.00. The Bertz CT molecular complexity index is 303. The molecule has 1 saturated heterocycles. The van der Waals surface area contributed by atoms with Gasteiger partial charge in [0, 0.05) is 20.1 Å². The van der Waals surface area contributed by atoms with Crippen LogP contribution in [-0.2, 0) is 9.47 Å². The molecule has 1 heterocycles. The molecule has 0 aliphatic carbocycles. The third-order valence-electron chi connectivity index (χ3n) is 4.70. The van der Waals surface area contributed by atoms with Crippen molar-refractivity contribution in [3.8, 4) is 0 Å². The van der Waals surface area contributed by atoms with Crippen LogP contribution < -0.4 is 0 Å². The van der Waals surface area contributed by atoms with E-state index in [1.165, 1.54) is 57.8 Å². The third-order valence-corrected chi connectivity index (χ3v) is 4.70. The number of unbranched alkanes of at least 4 members (excludes halogenated alkanes) is 8. The first-order valence-electron chi connectivity index (χ1n) is 10.4. The first kappa shape index (κ1) is 25.8. The van der Waals surface area contributed by atoms with Crippen LogP contribution in [0, 0.1) is 5.41 Å². The zero-order chi connectivity index (χ0) is 19.8. The smallest absolute Gasteiger partial charge is 0.183 e. The zero-order valence-corrected chi connectivity index (χ0v) is 17.6. The highest BCUT2D eigenvalue weighted by atomic mass is 16.7. The third kappa shape index (κ3) is 13.9. The van der Waals surface area contributed by atoms with Gasteiger partial charge in [0.15, 0.2) is 6.29 Å². The lowest BCUT2D eigenvalue weighted by molar-refractivity contribution is -0.169. The molecule has 5 nitrogen and oxygen atoms in total. The molecule has 0 saturated carbocycles. The molecule has 158 valence electrons. The molecule has 1 rings (SSSR count). The monoisotopic (exact) mass is 376 g/mol. The average Bonchev–Trinajstić information content (AvgIpc) is 2.97. The number of rotatable bonds is 13. The predicted molar refractivity (Wildman–Crippen MR) is 106 cm³/mol. The summed E-state index contributed by atoms with van der Waals surface area (Å²) in [5, 5.41) is 25.7. The summed E-state index contributed by atoms with van der Waals surface area (Å²) in [5.74, 6) is 0. The summed E-state index contributed by atoms with van der Waals surface area (Å²) in [6, 6.07) is 0. The van der Waals surface area contributed by atoms with Gasteiger partial charge in [-0.2, -0.15) is 0 Å². The SMILES string of the molecule is CC(C)(C)CCCCCCCCCCCOC1OC(CO)CC1O.CO. The fourth-order valence-electron chi connectivity index (χ4n) is 3.18. The molecule has 0 aromatic heterocycles. The fourth-order valence-corrected chi connectivity index (χ4v) is 3.18. The van der Waals surface area contributed by atoms with Crippen LogP contribution in [-0.4, -0.2) is 54.1 Å². The number of aliphatic hydroxyl groups is 3. The maximum absolute atomic E-state index is 9.74. The Hall–Kier alpha value is -0.200. The van der Waals surface area contributed by atoms with Crippen molar-refractivity contribution in [3.05, 3.63) is 0 Å². The average molecular weight is 377 g/mol. The van der Waals surface area contributed by atoms with Crippen LogP contribution in [0.1, 0.15) is 91.4 Å². The lowest BCUT2D eigenvalue weighted by Crippen LogP contribution is -2.24. The van der Waals surface area contributed by atoms with Crippen LogP contribution in [0.2, 0.25) is 0 Å². The minimum absolute atomic E-state index is 0.0485. The molecule has 26 heavy (non-hydrogen) atoms. The molecule has 1 aliphatic rings. The second-order valence-electron chi connectivity index (χ2n) is 8.48. The van der Waals surface area contributed by atoms with Crippen molar-refractivity contribution in [1.29, 1.82) is 0 Å². The number of ether oxygens (including phenoxy) is 2. The molecule has 3 N–H and O–H groups in total. The van der Waals surface area contributed by atoms with Crippen LogP contribution in [0.4, 0.5) is 0 Å². The zero-order valence-electron chi connectivity index (χ0n) is 17.6. The van der Waals surface area contributed by atoms with Gasteiger partial charge in [0.25, 0.3) is 0 Å². The minimum atomic E-state index is -0.597. The molecule has 3 unspecified atom stereocenters. The summed E-state index contributed by atoms with van der Waals surface area (Å²) in [6.45, 7) is 7.55. The summed E-state index contributed by atoms with van der Waals surface area (Å²) in [6.07, 6.45) is 12.0. The molecule has 1 aliphatic heterocycles. The van der Waals surface area contributed by atoms with Gasteiger partial charge in [-0.25, -0.2) is 0 Å². The van der Waals surface area contributed by atoms with Crippen LogP contribution >= 0.6 is 0 Å². The Kier molecular flexibility index (Phi) is 15.7. The molecular weight excluding hydrogens is 332 g/mol. The number of aliphatic hydroxyl groups excluding tert-OH is 3. The van der Waals surface area contributed by atoms with E-state index in [2.05, 4.69) is 20.8 Å². The Morgan fingerprint density at radius 1 is 0.885 bits per heavy atom. The minimum Gasteiger partial charge on any atom is -0.400 e. The summed E-state index contributed by atoms with van der Waals surface area (Å²) < 4.78 is 11.0. The van der Waals surface area contributed by atoms with E-state index in [0.717, 1.165) is 13.5 Å². The number of hydrogen-bond donors (Lipinski definition) is 3. The molecule has 0 radical (unpaired) electrons. The van der Waals surface area contributed by atoms with Crippen molar-refractivity contribution in [3.63, 3.8) is 0 Å². The van der Waals surface area contributed by atoms with E-state index in [4.69, 9.17) is 19.7 Å². The van der Waals surface area contributed by atoms with Crippen LogP contribution in [0.5, 0.6) is 0 Å². The van der Waals surface area contributed by atoms with Gasteiger partial charge in [-0.05, 0) is 18.3 Å². The normalized spacial score (nSPS) is 23.0. The van der Waals surface area contributed by atoms with E-state index < -0.39 is 12.4 Å². The second-order valence-corrected chi connectivity index (χ2v) is 8.48. The van der Waals surface area contributed by atoms with Crippen LogP contribution in [0.15, 0.2) is 0 Å². The van der Waals surface area contributed by atoms with Crippen LogP contribution in [0.25, 0.3) is 0 Å². The molecule has 5 heteroatoms. The topological polar surface area (TPSA) is 79.2 Å². The standard InChI is InChI=1S/C20H40O4.CH4O/c1-20(2,3)13-11-9-7-5-4-6-8-10-12-14-23-19-18(22)15-17(16-21)24-19;1-2/h17-19,21-22H,4-16H2,1-3H3;2H,1H3. The summed E-state index contributed by atoms with van der Waals surface area (Å²) in [4.78, 5) is 0. The van der Waals surface area contributed by atoms with Crippen molar-refractivity contribution in [2.45, 2.75) is 110 Å². The summed E-state index contributed by atoms with van der Waals surface area (Å²) in [5.41, 5.74) is 0.487. The van der Waals surface area contributed by atoms with Gasteiger partial charge in [-0.3, -0.25) is 0 Å². The van der Waals surface area contributed by atoms with E-state index in [1.54, 1.807) is 0 Å². The van der Waals surface area contributed by atoms with Crippen molar-refractivity contribution in [2.75, 3.05) is 20.3 Å². The maximum atomic E-state index is 9.74. The van der Waals surface area contributed by atoms with E-state index in [0.29, 0.717) is 18.4 Å². The molecule has 0 aromatic rings. The summed E-state index contributed by atoms with van der Waals surface area (Å²) >= 11 is 0. The van der Waals surface area contributed by atoms with Gasteiger partial charge in [-0.1, -0.05) is 72.1 Å². The second kappa shape index (κ2) is 15.8. The van der Waals surface area contributed by atoms with Gasteiger partial charge < -0.3 is 24.8 Å². The Balaban J connectivity index is 0.00000301. The molecule has 1 fully saturated rings. The lowest BCUT2D eigenvalue weighted by Gasteiger charge is -2.17. The van der Waals surface area contributed by atoms with Gasteiger partial charge in [0.2, 0.25) is 0 Å². The molecule has 3 atom stereocenters. The first-order valence-corrected chi connectivity index (χ1v) is 10.4. The highest BCUT2D eigenvalue weighted by molar-refractivity contribution is 4.76. The van der Waals surface area contributed by atoms with Crippen molar-refractivity contribution in [2.24, 2.45) is 5.41 Å². The molecule has 0 bridgehead atoms. The molecule has 0 amide bonds. The Morgan fingerprint density at radius 3 is 1.85 bits per heavy atom. The predicted octanol–water partition coefficient (Wildman–Crippen LogP) is 4.03. The van der Waals surface area contributed by atoms with E-state index in [-0.39, 0.29) is 12.7 Å². The van der Waals surface area contributed by atoms with Crippen molar-refractivity contribution >= 4 is 0 Å². The van der Waals surface area contributed by atoms with E-state index >= 15 is 0 Å². The van der Waals surface area contributed by atoms with Gasteiger partial charge in [-0.15, -0.1) is 0 Å². The summed E-state index contributed by atoms with van der Waals surface area (Å²) in [7, 11) is 1.00. The van der Waals surface area contributed by atoms with Crippen molar-refractivity contribution < 1.29 is 24.8 Å². The van der Waals surface area contributed by atoms with E-state index in [9.17, 15) is 5.11 Å². The van der Waals surface area contributed by atoms with E-state index in [1.807, 2.05) is 0 Å². The molecular formula is C21H44O5. The first-order chi connectivity index (χ1) is 12.4. The Labute approximate surface area is 161 Å². The largest absolute Gasteiger partial charge is 0.400 e. The molecule has 0 aromatic carbocycles. The maximum Gasteiger partial charge on any atom is 0.183 e. The Morgan fingerprint density at radius 2 is 1.38 bits per heavy atom. The number of hydrogen-bond acceptors (Lipinski definition) is 5. The van der Waals surface area contributed by atoms with Crippen LogP contribution in [0.3, 0.4) is 0 Å². The van der Waals surface area contributed by atoms with Crippen molar-refractivity contribution in [1.82, 2.24) is 0 Å².